The molecule has 5 heteroatoms. The number of thiophene rings is 1. The maximum absolute atomic E-state index is 8.84. The molecule has 0 aliphatic rings. The van der Waals surface area contributed by atoms with E-state index in [1.807, 2.05) is 24.3 Å². The number of hydrogen-bond acceptors (Lipinski definition) is 3. The third-order valence-electron chi connectivity index (χ3n) is 3.73. The van der Waals surface area contributed by atoms with Crippen LogP contribution in [0.4, 0.5) is 0 Å². The fraction of sp³-hybridized carbons (Fsp3) is 0.368. The topological polar surface area (TPSA) is 60.2 Å². The second-order valence-corrected chi connectivity index (χ2v) is 7.17. The number of nitriles is 1. The molecule has 1 aromatic heterocycles. The first-order valence-electron chi connectivity index (χ1n) is 8.10. The molecule has 126 valence electrons. The van der Waals surface area contributed by atoms with Gasteiger partial charge < -0.3 is 10.6 Å². The summed E-state index contributed by atoms with van der Waals surface area (Å²) in [7, 11) is 0. The van der Waals surface area contributed by atoms with Crippen molar-refractivity contribution in [3.8, 4) is 6.07 Å². The van der Waals surface area contributed by atoms with E-state index >= 15 is 0 Å². The van der Waals surface area contributed by atoms with Crippen LogP contribution >= 0.6 is 11.3 Å². The highest BCUT2D eigenvalue weighted by Crippen LogP contribution is 2.26. The van der Waals surface area contributed by atoms with Gasteiger partial charge in [0.15, 0.2) is 5.96 Å². The normalized spacial score (nSPS) is 11.8. The van der Waals surface area contributed by atoms with Gasteiger partial charge in [-0.3, -0.25) is 0 Å². The highest BCUT2D eigenvalue weighted by Gasteiger charge is 2.21. The zero-order chi connectivity index (χ0) is 17.4. The van der Waals surface area contributed by atoms with Crippen LogP contribution in [0.15, 0.2) is 46.8 Å². The van der Waals surface area contributed by atoms with Gasteiger partial charge in [-0.1, -0.05) is 32.0 Å². The number of rotatable bonds is 6. The minimum absolute atomic E-state index is 0.0544. The first-order valence-corrected chi connectivity index (χ1v) is 8.98. The molecule has 2 N–H and O–H groups in total. The minimum Gasteiger partial charge on any atom is -0.357 e. The molecule has 1 heterocycles. The van der Waals surface area contributed by atoms with E-state index in [4.69, 9.17) is 5.26 Å². The number of nitrogens with one attached hydrogen (secondary N) is 2. The summed E-state index contributed by atoms with van der Waals surface area (Å²) in [6.07, 6.45) is 0. The Morgan fingerprint density at radius 3 is 2.54 bits per heavy atom. The van der Waals surface area contributed by atoms with Crippen LogP contribution < -0.4 is 10.6 Å². The number of nitrogens with zero attached hydrogens (tertiary/aromatic N) is 2. The molecule has 0 atom stereocenters. The van der Waals surface area contributed by atoms with Crippen molar-refractivity contribution in [2.24, 2.45) is 4.99 Å². The summed E-state index contributed by atoms with van der Waals surface area (Å²) < 4.78 is 0. The summed E-state index contributed by atoms with van der Waals surface area (Å²) in [6.45, 7) is 8.74. The lowest BCUT2D eigenvalue weighted by atomic mass is 9.91. The van der Waals surface area contributed by atoms with E-state index in [9.17, 15) is 0 Å². The van der Waals surface area contributed by atoms with Crippen molar-refractivity contribution < 1.29 is 0 Å². The quantitative estimate of drug-likeness (QED) is 0.623. The lowest BCUT2D eigenvalue weighted by Gasteiger charge is -2.25. The maximum Gasteiger partial charge on any atom is 0.191 e. The Hall–Kier alpha value is -2.32. The molecule has 24 heavy (non-hydrogen) atoms. The third-order valence-corrected chi connectivity index (χ3v) is 4.97. The van der Waals surface area contributed by atoms with E-state index in [1.54, 1.807) is 11.3 Å². The molecule has 0 aliphatic carbocycles. The summed E-state index contributed by atoms with van der Waals surface area (Å²) in [4.78, 5) is 6.00. The minimum atomic E-state index is 0.0544. The SMILES string of the molecule is CCNC(=NCc1ccc(C#N)cc1)NCC(C)(C)c1cccs1. The van der Waals surface area contributed by atoms with E-state index < -0.39 is 0 Å². The number of hydrogen-bond donors (Lipinski definition) is 2. The van der Waals surface area contributed by atoms with Crippen LogP contribution in [-0.2, 0) is 12.0 Å². The highest BCUT2D eigenvalue weighted by atomic mass is 32.1. The van der Waals surface area contributed by atoms with Crippen molar-refractivity contribution in [1.82, 2.24) is 10.6 Å². The molecule has 0 spiro atoms. The largest absolute Gasteiger partial charge is 0.357 e. The zero-order valence-corrected chi connectivity index (χ0v) is 15.3. The molecule has 0 saturated carbocycles. The van der Waals surface area contributed by atoms with E-state index in [0.717, 1.165) is 24.6 Å². The van der Waals surface area contributed by atoms with Gasteiger partial charge in [-0.05, 0) is 36.1 Å². The lowest BCUT2D eigenvalue weighted by molar-refractivity contribution is 0.518. The Morgan fingerprint density at radius 1 is 1.21 bits per heavy atom. The maximum atomic E-state index is 8.84. The molecule has 2 aromatic rings. The second-order valence-electron chi connectivity index (χ2n) is 6.22. The molecule has 1 aromatic carbocycles. The third kappa shape index (κ3) is 5.10. The Bertz CT molecular complexity index is 694. The van der Waals surface area contributed by atoms with Gasteiger partial charge in [-0.25, -0.2) is 4.99 Å². The predicted octanol–water partition coefficient (Wildman–Crippen LogP) is 3.65. The van der Waals surface area contributed by atoms with Crippen LogP contribution in [0.1, 0.15) is 36.8 Å². The van der Waals surface area contributed by atoms with Crippen molar-refractivity contribution in [1.29, 1.82) is 5.26 Å². The molecular weight excluding hydrogens is 316 g/mol. The molecular formula is C19H24N4S. The van der Waals surface area contributed by atoms with Gasteiger partial charge in [0.2, 0.25) is 0 Å². The molecule has 0 bridgehead atoms. The van der Waals surface area contributed by atoms with Crippen molar-refractivity contribution in [2.45, 2.75) is 32.7 Å². The number of guanidine groups is 1. The monoisotopic (exact) mass is 340 g/mol. The van der Waals surface area contributed by atoms with Gasteiger partial charge in [0.25, 0.3) is 0 Å². The Morgan fingerprint density at radius 2 is 1.96 bits per heavy atom. The van der Waals surface area contributed by atoms with Crippen molar-refractivity contribution in [2.75, 3.05) is 13.1 Å². The molecule has 0 fully saturated rings. The summed E-state index contributed by atoms with van der Waals surface area (Å²) in [5, 5.41) is 17.7. The van der Waals surface area contributed by atoms with Crippen molar-refractivity contribution in [3.05, 3.63) is 57.8 Å². The molecule has 0 radical (unpaired) electrons. The molecule has 4 nitrogen and oxygen atoms in total. The highest BCUT2D eigenvalue weighted by molar-refractivity contribution is 7.10. The average Bonchev–Trinajstić information content (AvgIpc) is 3.13. The molecule has 0 unspecified atom stereocenters. The van der Waals surface area contributed by atoms with Gasteiger partial charge in [0.1, 0.15) is 0 Å². The first-order chi connectivity index (χ1) is 11.5. The predicted molar refractivity (Wildman–Crippen MR) is 101 cm³/mol. The van der Waals surface area contributed by atoms with Gasteiger partial charge in [-0.2, -0.15) is 5.26 Å². The van der Waals surface area contributed by atoms with Crippen LogP contribution in [0.2, 0.25) is 0 Å². The van der Waals surface area contributed by atoms with Gasteiger partial charge in [0.05, 0.1) is 18.2 Å². The van der Waals surface area contributed by atoms with E-state index in [-0.39, 0.29) is 5.41 Å². The van der Waals surface area contributed by atoms with Crippen molar-refractivity contribution in [3.63, 3.8) is 0 Å². The van der Waals surface area contributed by atoms with Crippen LogP contribution in [0.3, 0.4) is 0 Å². The summed E-state index contributed by atoms with van der Waals surface area (Å²) >= 11 is 1.78. The van der Waals surface area contributed by atoms with Gasteiger partial charge in [0, 0.05) is 23.4 Å². The van der Waals surface area contributed by atoms with Crippen molar-refractivity contribution >= 4 is 17.3 Å². The van der Waals surface area contributed by atoms with Gasteiger partial charge in [-0.15, -0.1) is 11.3 Å². The molecule has 0 aliphatic heterocycles. The fourth-order valence-corrected chi connectivity index (χ4v) is 3.10. The van der Waals surface area contributed by atoms with Crippen LogP contribution in [0.25, 0.3) is 0 Å². The lowest BCUT2D eigenvalue weighted by Crippen LogP contribution is -2.43. The number of aliphatic imine (C=N–C) groups is 1. The first kappa shape index (κ1) is 18.0. The summed E-state index contributed by atoms with van der Waals surface area (Å²) in [6, 6.07) is 13.9. The van der Waals surface area contributed by atoms with Crippen LogP contribution in [-0.4, -0.2) is 19.0 Å². The summed E-state index contributed by atoms with van der Waals surface area (Å²) in [5.74, 6) is 0.812. The Balaban J connectivity index is 1.98. The number of benzene rings is 1. The molecule has 0 amide bonds. The summed E-state index contributed by atoms with van der Waals surface area (Å²) in [5.41, 5.74) is 1.81. The standard InChI is InChI=1S/C19H24N4S/c1-4-21-18(22-13-16-9-7-15(12-20)8-10-16)23-14-19(2,3)17-6-5-11-24-17/h5-11H,4,13-14H2,1-3H3,(H2,21,22,23). The van der Waals surface area contributed by atoms with E-state index in [2.05, 4.69) is 60.0 Å². The fourth-order valence-electron chi connectivity index (χ4n) is 2.25. The van der Waals surface area contributed by atoms with Crippen LogP contribution in [0.5, 0.6) is 0 Å². The second kappa shape index (κ2) is 8.51. The van der Waals surface area contributed by atoms with E-state index in [1.165, 1.54) is 4.88 Å². The van der Waals surface area contributed by atoms with E-state index in [0.29, 0.717) is 12.1 Å². The Kier molecular flexibility index (Phi) is 6.39. The molecule has 0 saturated heterocycles. The van der Waals surface area contributed by atoms with Gasteiger partial charge >= 0.3 is 0 Å². The zero-order valence-electron chi connectivity index (χ0n) is 14.5. The average molecular weight is 340 g/mol. The Labute approximate surface area is 148 Å². The molecule has 2 rings (SSSR count). The smallest absolute Gasteiger partial charge is 0.191 e. The van der Waals surface area contributed by atoms with Crippen LogP contribution in [0, 0.1) is 11.3 Å².